The smallest absolute Gasteiger partial charge is 0.255 e. The average molecular weight is 392 g/mol. The van der Waals surface area contributed by atoms with Crippen molar-refractivity contribution in [1.29, 1.82) is 0 Å². The summed E-state index contributed by atoms with van der Waals surface area (Å²) in [6.07, 6.45) is 3.06. The maximum atomic E-state index is 13.4. The third kappa shape index (κ3) is 3.23. The van der Waals surface area contributed by atoms with Crippen LogP contribution >= 0.6 is 0 Å². The molecular weight excluding hydrogens is 368 g/mol. The van der Waals surface area contributed by atoms with Gasteiger partial charge < -0.3 is 14.5 Å². The van der Waals surface area contributed by atoms with Gasteiger partial charge in [0.25, 0.3) is 5.91 Å². The van der Waals surface area contributed by atoms with Crippen LogP contribution in [-0.2, 0) is 16.1 Å². The quantitative estimate of drug-likeness (QED) is 0.734. The molecule has 1 spiro atoms. The highest BCUT2D eigenvalue weighted by atomic mass is 16.5. The Balaban J connectivity index is 1.31. The number of fused-ring (bicyclic) bond motifs is 1. The van der Waals surface area contributed by atoms with Crippen molar-refractivity contribution in [2.45, 2.75) is 31.9 Å². The van der Waals surface area contributed by atoms with Crippen LogP contribution in [0.5, 0.6) is 0 Å². The second-order valence-electron chi connectivity index (χ2n) is 7.77. The zero-order valence-electron chi connectivity index (χ0n) is 16.5. The predicted octanol–water partition coefficient (Wildman–Crippen LogP) is 2.06. The minimum atomic E-state index is -0.742. The Kier molecular flexibility index (Phi) is 4.43. The Hall–Kier alpha value is -3.00. The summed E-state index contributed by atoms with van der Waals surface area (Å²) in [5, 5.41) is 8.51. The number of piperidine rings is 1. The molecule has 0 bridgehead atoms. The van der Waals surface area contributed by atoms with Gasteiger partial charge in [-0.2, -0.15) is 5.10 Å². The third-order valence-electron chi connectivity index (χ3n) is 5.94. The van der Waals surface area contributed by atoms with Gasteiger partial charge in [0.05, 0.1) is 24.4 Å². The monoisotopic (exact) mass is 392 g/mol. The van der Waals surface area contributed by atoms with Crippen LogP contribution in [-0.4, -0.2) is 62.8 Å². The summed E-state index contributed by atoms with van der Waals surface area (Å²) in [6.45, 7) is 5.04. The number of aromatic nitrogens is 4. The molecule has 2 aliphatic heterocycles. The van der Waals surface area contributed by atoms with Crippen molar-refractivity contribution in [3.05, 3.63) is 47.9 Å². The van der Waals surface area contributed by atoms with E-state index in [2.05, 4.69) is 25.1 Å². The van der Waals surface area contributed by atoms with Crippen molar-refractivity contribution in [1.82, 2.24) is 25.1 Å². The first-order valence-electron chi connectivity index (χ1n) is 10.0. The predicted molar refractivity (Wildman–Crippen MR) is 108 cm³/mol. The number of benzene rings is 1. The van der Waals surface area contributed by atoms with Gasteiger partial charge in [0.15, 0.2) is 0 Å². The molecule has 2 fully saturated rings. The first-order chi connectivity index (χ1) is 14.1. The van der Waals surface area contributed by atoms with E-state index >= 15 is 0 Å². The molecule has 8 nitrogen and oxygen atoms in total. The van der Waals surface area contributed by atoms with Crippen molar-refractivity contribution in [2.75, 3.05) is 31.1 Å². The van der Waals surface area contributed by atoms with E-state index < -0.39 is 5.60 Å². The Morgan fingerprint density at radius 1 is 1.17 bits per heavy atom. The molecule has 2 aromatic heterocycles. The van der Waals surface area contributed by atoms with E-state index in [1.807, 2.05) is 42.2 Å². The first-order valence-corrected chi connectivity index (χ1v) is 10.0. The molecule has 8 heteroatoms. The Morgan fingerprint density at radius 2 is 2.00 bits per heavy atom. The van der Waals surface area contributed by atoms with E-state index in [0.717, 1.165) is 28.2 Å². The van der Waals surface area contributed by atoms with Gasteiger partial charge in [-0.15, -0.1) is 0 Å². The van der Waals surface area contributed by atoms with Crippen LogP contribution < -0.4 is 4.90 Å². The lowest BCUT2D eigenvalue weighted by Crippen LogP contribution is -2.60. The number of rotatable bonds is 3. The molecule has 3 aromatic rings. The molecular formula is C21H24N6O2. The summed E-state index contributed by atoms with van der Waals surface area (Å²) in [6, 6.07) is 9.86. The average Bonchev–Trinajstić information content (AvgIpc) is 3.15. The van der Waals surface area contributed by atoms with Crippen LogP contribution in [0.1, 0.15) is 24.2 Å². The van der Waals surface area contributed by atoms with Gasteiger partial charge in [-0.25, -0.2) is 9.97 Å². The zero-order valence-corrected chi connectivity index (χ0v) is 16.5. The van der Waals surface area contributed by atoms with Gasteiger partial charge in [0.2, 0.25) is 5.95 Å². The SMILES string of the molecule is Cc1ccnc(N2CCC3(CC2)OCCN(Cc2[nH]nc4ccccc24)C3=O)n1. The Labute approximate surface area is 168 Å². The number of nitrogens with zero attached hydrogens (tertiary/aromatic N) is 5. The van der Waals surface area contributed by atoms with E-state index in [-0.39, 0.29) is 5.91 Å². The van der Waals surface area contributed by atoms with Crippen molar-refractivity contribution in [3.63, 3.8) is 0 Å². The van der Waals surface area contributed by atoms with E-state index in [1.54, 1.807) is 6.20 Å². The summed E-state index contributed by atoms with van der Waals surface area (Å²) in [5.41, 5.74) is 2.09. The van der Waals surface area contributed by atoms with Crippen LogP contribution in [0.15, 0.2) is 36.5 Å². The molecule has 1 aromatic carbocycles. The highest BCUT2D eigenvalue weighted by molar-refractivity contribution is 5.87. The lowest BCUT2D eigenvalue weighted by atomic mass is 9.88. The summed E-state index contributed by atoms with van der Waals surface area (Å²) in [4.78, 5) is 26.3. The molecule has 1 amide bonds. The number of morpholine rings is 1. The number of nitrogens with one attached hydrogen (secondary N) is 1. The van der Waals surface area contributed by atoms with Crippen LogP contribution in [0.2, 0.25) is 0 Å². The summed E-state index contributed by atoms with van der Waals surface area (Å²) in [7, 11) is 0. The standard InChI is InChI=1S/C21H24N6O2/c1-15-6-9-22-20(23-15)26-10-7-21(8-11-26)19(28)27(12-13-29-21)14-18-16-4-2-3-5-17(16)24-25-18/h2-6,9H,7-8,10-14H2,1H3,(H,24,25). The van der Waals surface area contributed by atoms with Crippen LogP contribution in [0.25, 0.3) is 10.9 Å². The van der Waals surface area contributed by atoms with Gasteiger partial charge in [-0.3, -0.25) is 9.89 Å². The fourth-order valence-corrected chi connectivity index (χ4v) is 4.29. The van der Waals surface area contributed by atoms with E-state index in [9.17, 15) is 4.79 Å². The van der Waals surface area contributed by atoms with Crippen molar-refractivity contribution in [2.24, 2.45) is 0 Å². The molecule has 0 unspecified atom stereocenters. The summed E-state index contributed by atoms with van der Waals surface area (Å²) >= 11 is 0. The minimum absolute atomic E-state index is 0.0761. The van der Waals surface area contributed by atoms with Crippen molar-refractivity contribution < 1.29 is 9.53 Å². The highest BCUT2D eigenvalue weighted by Gasteiger charge is 2.47. The van der Waals surface area contributed by atoms with E-state index in [1.165, 1.54) is 0 Å². The molecule has 2 aliphatic rings. The summed E-state index contributed by atoms with van der Waals surface area (Å²) < 4.78 is 6.08. The summed E-state index contributed by atoms with van der Waals surface area (Å²) in [5.74, 6) is 0.802. The van der Waals surface area contributed by atoms with Crippen LogP contribution in [0.4, 0.5) is 5.95 Å². The molecule has 2 saturated heterocycles. The van der Waals surface area contributed by atoms with Gasteiger partial charge in [-0.1, -0.05) is 18.2 Å². The number of hydrogen-bond donors (Lipinski definition) is 1. The molecule has 1 N–H and O–H groups in total. The van der Waals surface area contributed by atoms with Crippen molar-refractivity contribution >= 4 is 22.8 Å². The fraction of sp³-hybridized carbons (Fsp3) is 0.429. The Bertz CT molecular complexity index is 1040. The van der Waals surface area contributed by atoms with Crippen LogP contribution in [0, 0.1) is 6.92 Å². The number of carbonyl (C=O) groups is 1. The van der Waals surface area contributed by atoms with Gasteiger partial charge >= 0.3 is 0 Å². The highest BCUT2D eigenvalue weighted by Crippen LogP contribution is 2.33. The zero-order chi connectivity index (χ0) is 19.8. The van der Waals surface area contributed by atoms with Crippen molar-refractivity contribution in [3.8, 4) is 0 Å². The number of anilines is 1. The number of ether oxygens (including phenoxy) is 1. The number of aromatic amines is 1. The maximum absolute atomic E-state index is 13.4. The number of carbonyl (C=O) groups excluding carboxylic acids is 1. The minimum Gasteiger partial charge on any atom is -0.363 e. The topological polar surface area (TPSA) is 87.2 Å². The van der Waals surface area contributed by atoms with Gasteiger partial charge in [0.1, 0.15) is 5.60 Å². The van der Waals surface area contributed by atoms with Gasteiger partial charge in [-0.05, 0) is 19.1 Å². The third-order valence-corrected chi connectivity index (χ3v) is 5.94. The number of aryl methyl sites for hydroxylation is 1. The molecule has 29 heavy (non-hydrogen) atoms. The second-order valence-corrected chi connectivity index (χ2v) is 7.77. The van der Waals surface area contributed by atoms with Gasteiger partial charge in [0, 0.05) is 49.8 Å². The lowest BCUT2D eigenvalue weighted by Gasteiger charge is -2.46. The second kappa shape index (κ2) is 7.11. The Morgan fingerprint density at radius 3 is 2.83 bits per heavy atom. The lowest BCUT2D eigenvalue weighted by molar-refractivity contribution is -0.176. The maximum Gasteiger partial charge on any atom is 0.255 e. The van der Waals surface area contributed by atoms with E-state index in [4.69, 9.17) is 4.74 Å². The molecule has 150 valence electrons. The molecule has 0 atom stereocenters. The first kappa shape index (κ1) is 18.1. The molecule has 4 heterocycles. The van der Waals surface area contributed by atoms with E-state index in [0.29, 0.717) is 45.6 Å². The molecule has 5 rings (SSSR count). The molecule has 0 aliphatic carbocycles. The number of H-pyrrole nitrogens is 1. The largest absolute Gasteiger partial charge is 0.363 e. The number of hydrogen-bond acceptors (Lipinski definition) is 6. The fourth-order valence-electron chi connectivity index (χ4n) is 4.29. The molecule has 0 radical (unpaired) electrons. The molecule has 0 saturated carbocycles. The normalized spacial score (nSPS) is 19.3. The number of para-hydroxylation sites is 1. The number of amides is 1. The van der Waals surface area contributed by atoms with Crippen LogP contribution in [0.3, 0.4) is 0 Å².